The average molecular weight is 313 g/mol. The van der Waals surface area contributed by atoms with E-state index in [4.69, 9.17) is 9.84 Å². The standard InChI is InChI=1S/C18H19NO4/c1-2-10-23-16-8-6-13(7-9-16)18(22)19-15-5-3-4-14(11-15)17(21)12-20/h3-9,11,20H,2,10,12H2,1H3,(H,19,22). The van der Waals surface area contributed by atoms with E-state index >= 15 is 0 Å². The molecule has 0 atom stereocenters. The molecular weight excluding hydrogens is 294 g/mol. The van der Waals surface area contributed by atoms with Gasteiger partial charge in [0, 0.05) is 16.8 Å². The van der Waals surface area contributed by atoms with Crippen LogP contribution in [0.25, 0.3) is 0 Å². The Balaban J connectivity index is 2.05. The molecule has 0 unspecified atom stereocenters. The van der Waals surface area contributed by atoms with Gasteiger partial charge in [-0.3, -0.25) is 9.59 Å². The Morgan fingerprint density at radius 3 is 2.48 bits per heavy atom. The molecular formula is C18H19NO4. The lowest BCUT2D eigenvalue weighted by Gasteiger charge is -2.08. The third kappa shape index (κ3) is 4.66. The molecule has 0 aliphatic rings. The van der Waals surface area contributed by atoms with E-state index in [1.165, 1.54) is 6.07 Å². The molecule has 2 aromatic carbocycles. The van der Waals surface area contributed by atoms with Gasteiger partial charge >= 0.3 is 0 Å². The second kappa shape index (κ2) is 8.10. The maximum atomic E-state index is 12.2. The maximum Gasteiger partial charge on any atom is 0.255 e. The molecule has 0 saturated carbocycles. The van der Waals surface area contributed by atoms with Crippen LogP contribution >= 0.6 is 0 Å². The highest BCUT2D eigenvalue weighted by molar-refractivity contribution is 6.05. The SMILES string of the molecule is CCCOc1ccc(C(=O)Nc2cccc(C(=O)CO)c2)cc1. The van der Waals surface area contributed by atoms with Gasteiger partial charge in [-0.1, -0.05) is 19.1 Å². The van der Waals surface area contributed by atoms with Gasteiger partial charge in [0.1, 0.15) is 12.4 Å². The molecule has 0 radical (unpaired) electrons. The van der Waals surface area contributed by atoms with E-state index in [0.717, 1.165) is 12.2 Å². The number of Topliss-reactive ketones (excluding diaryl/α,β-unsaturated/α-hetero) is 1. The maximum absolute atomic E-state index is 12.2. The molecule has 5 heteroatoms. The summed E-state index contributed by atoms with van der Waals surface area (Å²) in [7, 11) is 0. The van der Waals surface area contributed by atoms with Crippen LogP contribution in [0.15, 0.2) is 48.5 Å². The van der Waals surface area contributed by atoms with E-state index in [1.807, 2.05) is 6.92 Å². The van der Waals surface area contributed by atoms with Crippen molar-refractivity contribution in [1.29, 1.82) is 0 Å². The van der Waals surface area contributed by atoms with Gasteiger partial charge in [-0.05, 0) is 42.8 Å². The van der Waals surface area contributed by atoms with Gasteiger partial charge in [-0.25, -0.2) is 0 Å². The molecule has 0 aliphatic carbocycles. The van der Waals surface area contributed by atoms with Crippen molar-refractivity contribution in [3.63, 3.8) is 0 Å². The normalized spacial score (nSPS) is 10.2. The van der Waals surface area contributed by atoms with E-state index in [-0.39, 0.29) is 5.91 Å². The molecule has 2 aromatic rings. The molecule has 0 spiro atoms. The molecule has 0 saturated heterocycles. The van der Waals surface area contributed by atoms with Crippen LogP contribution in [0.5, 0.6) is 5.75 Å². The number of anilines is 1. The fourth-order valence-electron chi connectivity index (χ4n) is 1.99. The Bertz CT molecular complexity index is 680. The summed E-state index contributed by atoms with van der Waals surface area (Å²) in [6.45, 7) is 2.10. The second-order valence-corrected chi connectivity index (χ2v) is 4.99. The van der Waals surface area contributed by atoms with E-state index < -0.39 is 12.4 Å². The first-order valence-electron chi connectivity index (χ1n) is 7.42. The Kier molecular flexibility index (Phi) is 5.88. The number of nitrogens with one attached hydrogen (secondary N) is 1. The Morgan fingerprint density at radius 1 is 1.09 bits per heavy atom. The lowest BCUT2D eigenvalue weighted by Crippen LogP contribution is -2.12. The molecule has 0 bridgehead atoms. The first kappa shape index (κ1) is 16.7. The van der Waals surface area contributed by atoms with Gasteiger partial charge in [-0.15, -0.1) is 0 Å². The fraction of sp³-hybridized carbons (Fsp3) is 0.222. The number of amides is 1. The summed E-state index contributed by atoms with van der Waals surface area (Å²) in [5.41, 5.74) is 1.35. The smallest absolute Gasteiger partial charge is 0.255 e. The van der Waals surface area contributed by atoms with Crippen LogP contribution in [-0.2, 0) is 0 Å². The van der Waals surface area contributed by atoms with Crippen LogP contribution in [-0.4, -0.2) is 30.0 Å². The molecule has 23 heavy (non-hydrogen) atoms. The summed E-state index contributed by atoms with van der Waals surface area (Å²) in [6.07, 6.45) is 0.922. The Hall–Kier alpha value is -2.66. The van der Waals surface area contributed by atoms with E-state index in [2.05, 4.69) is 5.32 Å². The van der Waals surface area contributed by atoms with E-state index in [9.17, 15) is 9.59 Å². The highest BCUT2D eigenvalue weighted by atomic mass is 16.5. The third-order valence-corrected chi connectivity index (χ3v) is 3.18. The van der Waals surface area contributed by atoms with Crippen LogP contribution in [0.1, 0.15) is 34.1 Å². The quantitative estimate of drug-likeness (QED) is 0.771. The molecule has 2 N–H and O–H groups in total. The van der Waals surface area contributed by atoms with Gasteiger partial charge in [0.15, 0.2) is 5.78 Å². The van der Waals surface area contributed by atoms with Crippen molar-refractivity contribution in [3.8, 4) is 5.75 Å². The third-order valence-electron chi connectivity index (χ3n) is 3.18. The summed E-state index contributed by atoms with van der Waals surface area (Å²) in [6, 6.07) is 13.3. The van der Waals surface area contributed by atoms with Gasteiger partial charge in [0.2, 0.25) is 0 Å². The van der Waals surface area contributed by atoms with Crippen molar-refractivity contribution in [3.05, 3.63) is 59.7 Å². The Labute approximate surface area is 134 Å². The molecule has 120 valence electrons. The van der Waals surface area contributed by atoms with Gasteiger partial charge in [-0.2, -0.15) is 0 Å². The van der Waals surface area contributed by atoms with Crippen LogP contribution in [0.4, 0.5) is 5.69 Å². The number of carbonyl (C=O) groups is 2. The number of ether oxygens (including phenoxy) is 1. The zero-order valence-corrected chi connectivity index (χ0v) is 12.9. The number of ketones is 1. The summed E-state index contributed by atoms with van der Waals surface area (Å²) in [4.78, 5) is 23.7. The lowest BCUT2D eigenvalue weighted by molar-refractivity contribution is 0.0903. The first-order chi connectivity index (χ1) is 11.1. The summed E-state index contributed by atoms with van der Waals surface area (Å²) >= 11 is 0. The van der Waals surface area contributed by atoms with Crippen molar-refractivity contribution < 1.29 is 19.4 Å². The first-order valence-corrected chi connectivity index (χ1v) is 7.42. The number of rotatable bonds is 7. The molecule has 0 heterocycles. The molecule has 2 rings (SSSR count). The minimum atomic E-state index is -0.559. The van der Waals surface area contributed by atoms with Gasteiger partial charge < -0.3 is 15.2 Å². The Morgan fingerprint density at radius 2 is 1.83 bits per heavy atom. The number of hydrogen-bond acceptors (Lipinski definition) is 4. The second-order valence-electron chi connectivity index (χ2n) is 4.99. The molecule has 0 aromatic heterocycles. The molecule has 0 aliphatic heterocycles. The van der Waals surface area contributed by atoms with Crippen LogP contribution in [0, 0.1) is 0 Å². The molecule has 5 nitrogen and oxygen atoms in total. The lowest BCUT2D eigenvalue weighted by atomic mass is 10.1. The number of aliphatic hydroxyl groups is 1. The topological polar surface area (TPSA) is 75.6 Å². The predicted molar refractivity (Wildman–Crippen MR) is 88.0 cm³/mol. The summed E-state index contributed by atoms with van der Waals surface area (Å²) in [5, 5.41) is 11.6. The summed E-state index contributed by atoms with van der Waals surface area (Å²) in [5.74, 6) is 0.0538. The largest absolute Gasteiger partial charge is 0.494 e. The number of benzene rings is 2. The highest BCUT2D eigenvalue weighted by Gasteiger charge is 2.09. The number of carbonyl (C=O) groups excluding carboxylic acids is 2. The zero-order chi connectivity index (χ0) is 16.7. The fourth-order valence-corrected chi connectivity index (χ4v) is 1.99. The van der Waals surface area contributed by atoms with Crippen LogP contribution < -0.4 is 10.1 Å². The van der Waals surface area contributed by atoms with Crippen LogP contribution in [0.2, 0.25) is 0 Å². The van der Waals surface area contributed by atoms with Crippen molar-refractivity contribution in [1.82, 2.24) is 0 Å². The molecule has 0 fully saturated rings. The van der Waals surface area contributed by atoms with Gasteiger partial charge in [0.05, 0.1) is 6.61 Å². The predicted octanol–water partition coefficient (Wildman–Crippen LogP) is 2.90. The average Bonchev–Trinajstić information content (AvgIpc) is 2.59. The van der Waals surface area contributed by atoms with Crippen molar-refractivity contribution in [2.75, 3.05) is 18.5 Å². The zero-order valence-electron chi connectivity index (χ0n) is 12.9. The van der Waals surface area contributed by atoms with E-state index in [0.29, 0.717) is 23.4 Å². The van der Waals surface area contributed by atoms with Crippen LogP contribution in [0.3, 0.4) is 0 Å². The van der Waals surface area contributed by atoms with Gasteiger partial charge in [0.25, 0.3) is 5.91 Å². The minimum Gasteiger partial charge on any atom is -0.494 e. The highest BCUT2D eigenvalue weighted by Crippen LogP contribution is 2.16. The minimum absolute atomic E-state index is 0.277. The summed E-state index contributed by atoms with van der Waals surface area (Å²) < 4.78 is 5.47. The monoisotopic (exact) mass is 313 g/mol. The van der Waals surface area contributed by atoms with Crippen molar-refractivity contribution >= 4 is 17.4 Å². The molecule has 1 amide bonds. The van der Waals surface area contributed by atoms with Crippen molar-refractivity contribution in [2.45, 2.75) is 13.3 Å². The van der Waals surface area contributed by atoms with Crippen molar-refractivity contribution in [2.24, 2.45) is 0 Å². The number of hydrogen-bond donors (Lipinski definition) is 2. The number of aliphatic hydroxyl groups excluding tert-OH is 1. The van der Waals surface area contributed by atoms with E-state index in [1.54, 1.807) is 42.5 Å².